The Bertz CT molecular complexity index is 972. The van der Waals surface area contributed by atoms with Crippen LogP contribution in [-0.4, -0.2) is 10.9 Å². The van der Waals surface area contributed by atoms with Crippen LogP contribution in [0.25, 0.3) is 10.9 Å². The quantitative estimate of drug-likeness (QED) is 0.522. The Labute approximate surface area is 167 Å². The van der Waals surface area contributed by atoms with Gasteiger partial charge >= 0.3 is 0 Å². The molecule has 1 aromatic carbocycles. The first-order valence-electron chi connectivity index (χ1n) is 8.87. The SMILES string of the molecule is CC(C)CC(C)(Cc1ccc(Cl)s1)C(=O)Nc1cnc2c(F)cccc2c1. The summed E-state index contributed by atoms with van der Waals surface area (Å²) < 4.78 is 14.5. The molecule has 3 rings (SSSR count). The molecule has 1 N–H and O–H groups in total. The molecule has 27 heavy (non-hydrogen) atoms. The summed E-state index contributed by atoms with van der Waals surface area (Å²) >= 11 is 7.55. The van der Waals surface area contributed by atoms with Gasteiger partial charge in [0.25, 0.3) is 0 Å². The third-order valence-corrected chi connectivity index (χ3v) is 5.75. The number of hydrogen-bond donors (Lipinski definition) is 1. The maximum absolute atomic E-state index is 13.8. The lowest BCUT2D eigenvalue weighted by atomic mass is 9.77. The topological polar surface area (TPSA) is 42.0 Å². The summed E-state index contributed by atoms with van der Waals surface area (Å²) in [5, 5.41) is 3.63. The number of hydrogen-bond acceptors (Lipinski definition) is 3. The summed E-state index contributed by atoms with van der Waals surface area (Å²) in [7, 11) is 0. The predicted octanol–water partition coefficient (Wildman–Crippen LogP) is 6.32. The number of benzene rings is 1. The Morgan fingerprint density at radius 3 is 2.78 bits per heavy atom. The lowest BCUT2D eigenvalue weighted by Gasteiger charge is -2.29. The van der Waals surface area contributed by atoms with E-state index < -0.39 is 5.41 Å². The number of halogens is 2. The number of fused-ring (bicyclic) bond motifs is 1. The monoisotopic (exact) mass is 404 g/mol. The number of nitrogens with one attached hydrogen (secondary N) is 1. The molecule has 0 radical (unpaired) electrons. The number of aromatic nitrogens is 1. The van der Waals surface area contributed by atoms with Crippen LogP contribution >= 0.6 is 22.9 Å². The molecule has 1 atom stereocenters. The maximum atomic E-state index is 13.8. The molecule has 0 aliphatic carbocycles. The van der Waals surface area contributed by atoms with Crippen LogP contribution in [0.5, 0.6) is 0 Å². The first-order valence-corrected chi connectivity index (χ1v) is 10.1. The molecule has 6 heteroatoms. The Kier molecular flexibility index (Phi) is 5.82. The number of rotatable bonds is 6. The lowest BCUT2D eigenvalue weighted by molar-refractivity contribution is -0.125. The van der Waals surface area contributed by atoms with Crippen LogP contribution in [0.1, 0.15) is 32.1 Å². The highest BCUT2D eigenvalue weighted by Gasteiger charge is 2.34. The second-order valence-corrected chi connectivity index (χ2v) is 9.33. The molecule has 0 saturated heterocycles. The zero-order valence-electron chi connectivity index (χ0n) is 15.6. The van der Waals surface area contributed by atoms with Gasteiger partial charge in [-0.15, -0.1) is 11.3 Å². The van der Waals surface area contributed by atoms with E-state index in [0.717, 1.165) is 15.6 Å². The molecule has 2 heterocycles. The fourth-order valence-corrected chi connectivity index (χ4v) is 4.73. The second-order valence-electron chi connectivity index (χ2n) is 7.53. The van der Waals surface area contributed by atoms with Gasteiger partial charge in [-0.1, -0.05) is 44.5 Å². The molecule has 1 unspecified atom stereocenters. The fraction of sp³-hybridized carbons (Fsp3) is 0.333. The highest BCUT2D eigenvalue weighted by Crippen LogP contribution is 2.35. The van der Waals surface area contributed by atoms with Gasteiger partial charge in [0, 0.05) is 10.3 Å². The molecule has 142 valence electrons. The van der Waals surface area contributed by atoms with Crippen molar-refractivity contribution in [3.63, 3.8) is 0 Å². The second kappa shape index (κ2) is 7.95. The van der Waals surface area contributed by atoms with Crippen molar-refractivity contribution in [3.8, 4) is 0 Å². The fourth-order valence-electron chi connectivity index (χ4n) is 3.45. The van der Waals surface area contributed by atoms with Gasteiger partial charge in [-0.05, 0) is 43.0 Å². The van der Waals surface area contributed by atoms with E-state index in [9.17, 15) is 9.18 Å². The lowest BCUT2D eigenvalue weighted by Crippen LogP contribution is -2.36. The molecular weight excluding hydrogens is 383 g/mol. The smallest absolute Gasteiger partial charge is 0.230 e. The summed E-state index contributed by atoms with van der Waals surface area (Å²) in [5.74, 6) is -0.0807. The molecule has 0 aliphatic heterocycles. The summed E-state index contributed by atoms with van der Waals surface area (Å²) in [4.78, 5) is 18.4. The van der Waals surface area contributed by atoms with Gasteiger partial charge in [-0.2, -0.15) is 0 Å². The Balaban J connectivity index is 1.85. The Morgan fingerprint density at radius 2 is 2.11 bits per heavy atom. The van der Waals surface area contributed by atoms with Crippen molar-refractivity contribution >= 4 is 45.4 Å². The normalized spacial score (nSPS) is 13.7. The maximum Gasteiger partial charge on any atom is 0.230 e. The largest absolute Gasteiger partial charge is 0.324 e. The van der Waals surface area contributed by atoms with Crippen molar-refractivity contribution in [2.45, 2.75) is 33.6 Å². The molecule has 0 fully saturated rings. The van der Waals surface area contributed by atoms with E-state index in [-0.39, 0.29) is 11.7 Å². The number of thiophene rings is 1. The number of carbonyl (C=O) groups excluding carboxylic acids is 1. The molecule has 2 aromatic heterocycles. The average molecular weight is 405 g/mol. The van der Waals surface area contributed by atoms with Gasteiger partial charge in [0.2, 0.25) is 5.91 Å². The minimum Gasteiger partial charge on any atom is -0.324 e. The van der Waals surface area contributed by atoms with Crippen molar-refractivity contribution < 1.29 is 9.18 Å². The van der Waals surface area contributed by atoms with Crippen LogP contribution in [0, 0.1) is 17.2 Å². The minimum absolute atomic E-state index is 0.0710. The minimum atomic E-state index is -0.584. The molecular formula is C21H22ClFN2OS. The Morgan fingerprint density at radius 1 is 1.33 bits per heavy atom. The van der Waals surface area contributed by atoms with Crippen molar-refractivity contribution in [2.24, 2.45) is 11.3 Å². The number of pyridine rings is 1. The molecule has 0 spiro atoms. The molecule has 3 nitrogen and oxygen atoms in total. The van der Waals surface area contributed by atoms with Crippen LogP contribution in [0.15, 0.2) is 42.6 Å². The third-order valence-electron chi connectivity index (χ3n) is 4.52. The first kappa shape index (κ1) is 19.8. The van der Waals surface area contributed by atoms with Crippen LogP contribution < -0.4 is 5.32 Å². The van der Waals surface area contributed by atoms with Gasteiger partial charge in [0.1, 0.15) is 11.3 Å². The number of anilines is 1. The van der Waals surface area contributed by atoms with E-state index in [1.165, 1.54) is 23.6 Å². The molecule has 0 aliphatic rings. The zero-order valence-corrected chi connectivity index (χ0v) is 17.1. The number of para-hydroxylation sites is 1. The van der Waals surface area contributed by atoms with Gasteiger partial charge in [0.15, 0.2) is 0 Å². The van der Waals surface area contributed by atoms with E-state index in [1.54, 1.807) is 18.2 Å². The molecule has 1 amide bonds. The molecule has 3 aromatic rings. The summed E-state index contributed by atoms with van der Waals surface area (Å²) in [6, 6.07) is 10.4. The highest BCUT2D eigenvalue weighted by molar-refractivity contribution is 7.16. The summed E-state index contributed by atoms with van der Waals surface area (Å²) in [5.41, 5.74) is 0.283. The number of amides is 1. The summed E-state index contributed by atoms with van der Waals surface area (Å²) in [6.45, 7) is 6.19. The van der Waals surface area contributed by atoms with Crippen molar-refractivity contribution in [3.05, 3.63) is 57.6 Å². The molecule has 0 saturated carbocycles. The van der Waals surface area contributed by atoms with Gasteiger partial charge in [0.05, 0.1) is 21.6 Å². The van der Waals surface area contributed by atoms with Crippen molar-refractivity contribution in [2.75, 3.05) is 5.32 Å². The van der Waals surface area contributed by atoms with Gasteiger partial charge in [-0.3, -0.25) is 9.78 Å². The first-order chi connectivity index (χ1) is 12.8. The van der Waals surface area contributed by atoms with E-state index in [2.05, 4.69) is 24.1 Å². The van der Waals surface area contributed by atoms with Gasteiger partial charge in [-0.25, -0.2) is 4.39 Å². The van der Waals surface area contributed by atoms with Crippen molar-refractivity contribution in [1.82, 2.24) is 4.98 Å². The Hall–Kier alpha value is -1.98. The van der Waals surface area contributed by atoms with Crippen molar-refractivity contribution in [1.29, 1.82) is 0 Å². The van der Waals surface area contributed by atoms with Crippen LogP contribution in [0.2, 0.25) is 4.34 Å². The van der Waals surface area contributed by atoms with E-state index >= 15 is 0 Å². The van der Waals surface area contributed by atoms with E-state index in [4.69, 9.17) is 11.6 Å². The molecule has 0 bridgehead atoms. The third kappa shape index (κ3) is 4.66. The van der Waals surface area contributed by atoms with E-state index in [1.807, 2.05) is 19.1 Å². The zero-order chi connectivity index (χ0) is 19.6. The van der Waals surface area contributed by atoms with Crippen LogP contribution in [-0.2, 0) is 11.2 Å². The predicted molar refractivity (Wildman–Crippen MR) is 111 cm³/mol. The highest BCUT2D eigenvalue weighted by atomic mass is 35.5. The standard InChI is InChI=1S/C21H22ClFN2OS/c1-13(2)10-21(3,11-16-7-8-18(22)27-16)20(26)25-15-9-14-5-4-6-17(23)19(14)24-12-15/h4-9,12-13H,10-11H2,1-3H3,(H,25,26). The number of carbonyl (C=O) groups is 1. The van der Waals surface area contributed by atoms with Crippen LogP contribution in [0.4, 0.5) is 10.1 Å². The average Bonchev–Trinajstić information content (AvgIpc) is 2.98. The summed E-state index contributed by atoms with van der Waals surface area (Å²) in [6.07, 6.45) is 2.86. The van der Waals surface area contributed by atoms with E-state index in [0.29, 0.717) is 28.9 Å². The van der Waals surface area contributed by atoms with Crippen LogP contribution in [0.3, 0.4) is 0 Å². The van der Waals surface area contributed by atoms with Gasteiger partial charge < -0.3 is 5.32 Å². The number of nitrogens with zero attached hydrogens (tertiary/aromatic N) is 1.